The van der Waals surface area contributed by atoms with Gasteiger partial charge in [0.05, 0.1) is 15.8 Å². The fraction of sp³-hybridized carbons (Fsp3) is 0.235. The molecule has 0 aliphatic carbocycles. The van der Waals surface area contributed by atoms with Crippen LogP contribution in [-0.2, 0) is 14.6 Å². The maximum Gasteiger partial charge on any atom is 0.241 e. The van der Waals surface area contributed by atoms with Crippen molar-refractivity contribution < 1.29 is 13.2 Å². The number of carbonyl (C=O) groups excluding carboxylic acids is 1. The van der Waals surface area contributed by atoms with Crippen molar-refractivity contribution >= 4 is 21.4 Å². The fourth-order valence-corrected chi connectivity index (χ4v) is 3.69. The van der Waals surface area contributed by atoms with E-state index in [0.717, 1.165) is 0 Å². The summed E-state index contributed by atoms with van der Waals surface area (Å²) in [7, 11) is -3.64. The summed E-state index contributed by atoms with van der Waals surface area (Å²) >= 11 is 0. The molecule has 2 aromatic carbocycles. The lowest BCUT2D eigenvalue weighted by molar-refractivity contribution is -0.117. The third kappa shape index (κ3) is 3.78. The number of rotatable bonds is 5. The molecule has 2 rings (SSSR count). The number of hydrogen-bond acceptors (Lipinski definition) is 4. The molecule has 2 aromatic rings. The molecule has 1 unspecified atom stereocenters. The largest absolute Gasteiger partial charge is 0.325 e. The molecule has 0 saturated heterocycles. The summed E-state index contributed by atoms with van der Waals surface area (Å²) in [6, 6.07) is 12.4. The first-order valence-corrected chi connectivity index (χ1v) is 8.81. The summed E-state index contributed by atoms with van der Waals surface area (Å²) in [5.41, 5.74) is 6.76. The van der Waals surface area contributed by atoms with Crippen LogP contribution in [0.15, 0.2) is 58.3 Å². The van der Waals surface area contributed by atoms with Crippen LogP contribution in [0.4, 0.5) is 5.69 Å². The molecule has 1 atom stereocenters. The maximum absolute atomic E-state index is 12.7. The van der Waals surface area contributed by atoms with Gasteiger partial charge in [0, 0.05) is 5.69 Å². The van der Waals surface area contributed by atoms with E-state index in [1.54, 1.807) is 43.3 Å². The van der Waals surface area contributed by atoms with E-state index in [1.807, 2.05) is 6.92 Å². The summed E-state index contributed by atoms with van der Waals surface area (Å²) < 4.78 is 25.5. The molecular weight excluding hydrogens is 312 g/mol. The van der Waals surface area contributed by atoms with Crippen LogP contribution >= 0.6 is 0 Å². The number of amides is 1. The van der Waals surface area contributed by atoms with Crippen molar-refractivity contribution in [1.29, 1.82) is 0 Å². The number of anilines is 1. The van der Waals surface area contributed by atoms with E-state index in [1.165, 1.54) is 12.1 Å². The van der Waals surface area contributed by atoms with Gasteiger partial charge in [-0.25, -0.2) is 8.42 Å². The van der Waals surface area contributed by atoms with E-state index in [2.05, 4.69) is 5.32 Å². The first kappa shape index (κ1) is 17.2. The predicted molar refractivity (Wildman–Crippen MR) is 90.0 cm³/mol. The Bertz CT molecular complexity index is 816. The number of nitrogens with two attached hydrogens (primary N) is 1. The highest BCUT2D eigenvalue weighted by Crippen LogP contribution is 2.25. The second-order valence-electron chi connectivity index (χ2n) is 5.30. The Morgan fingerprint density at radius 2 is 1.87 bits per heavy atom. The van der Waals surface area contributed by atoms with Crippen molar-refractivity contribution in [2.24, 2.45) is 5.73 Å². The predicted octanol–water partition coefficient (Wildman–Crippen LogP) is 2.50. The Balaban J connectivity index is 2.36. The van der Waals surface area contributed by atoms with Gasteiger partial charge in [-0.1, -0.05) is 31.2 Å². The van der Waals surface area contributed by atoms with Crippen LogP contribution in [0, 0.1) is 6.92 Å². The summed E-state index contributed by atoms with van der Waals surface area (Å²) in [4.78, 5) is 12.2. The Morgan fingerprint density at radius 3 is 2.52 bits per heavy atom. The molecule has 0 fully saturated rings. The maximum atomic E-state index is 12.7. The first-order chi connectivity index (χ1) is 10.9. The van der Waals surface area contributed by atoms with Crippen molar-refractivity contribution in [3.05, 3.63) is 54.1 Å². The topological polar surface area (TPSA) is 89.3 Å². The minimum atomic E-state index is -3.64. The molecule has 0 aromatic heterocycles. The second-order valence-corrected chi connectivity index (χ2v) is 7.22. The monoisotopic (exact) mass is 332 g/mol. The van der Waals surface area contributed by atoms with Gasteiger partial charge in [-0.2, -0.15) is 0 Å². The van der Waals surface area contributed by atoms with Crippen LogP contribution in [0.1, 0.15) is 18.9 Å². The van der Waals surface area contributed by atoms with E-state index in [4.69, 9.17) is 5.73 Å². The van der Waals surface area contributed by atoms with Gasteiger partial charge >= 0.3 is 0 Å². The van der Waals surface area contributed by atoms with E-state index in [9.17, 15) is 13.2 Å². The van der Waals surface area contributed by atoms with Crippen LogP contribution in [0.25, 0.3) is 0 Å². The smallest absolute Gasteiger partial charge is 0.241 e. The van der Waals surface area contributed by atoms with E-state index < -0.39 is 15.9 Å². The molecule has 1 amide bonds. The lowest BCUT2D eigenvalue weighted by Gasteiger charge is -2.12. The van der Waals surface area contributed by atoms with Crippen molar-refractivity contribution in [3.63, 3.8) is 0 Å². The van der Waals surface area contributed by atoms with Crippen LogP contribution < -0.4 is 11.1 Å². The molecule has 0 spiro atoms. The Morgan fingerprint density at radius 1 is 1.17 bits per heavy atom. The van der Waals surface area contributed by atoms with Gasteiger partial charge in [0.25, 0.3) is 0 Å². The van der Waals surface area contributed by atoms with Gasteiger partial charge in [0.15, 0.2) is 0 Å². The number of sulfone groups is 1. The summed E-state index contributed by atoms with van der Waals surface area (Å²) in [5, 5.41) is 2.64. The Kier molecular flexibility index (Phi) is 5.18. The first-order valence-electron chi connectivity index (χ1n) is 7.33. The highest BCUT2D eigenvalue weighted by molar-refractivity contribution is 7.91. The number of benzene rings is 2. The normalized spacial score (nSPS) is 12.7. The summed E-state index contributed by atoms with van der Waals surface area (Å²) in [5.74, 6) is -0.335. The van der Waals surface area contributed by atoms with Crippen LogP contribution in [0.2, 0.25) is 0 Å². The molecule has 0 radical (unpaired) electrons. The molecule has 0 heterocycles. The zero-order chi connectivity index (χ0) is 17.0. The van der Waals surface area contributed by atoms with Gasteiger partial charge in [0.2, 0.25) is 15.7 Å². The van der Waals surface area contributed by atoms with E-state index in [0.29, 0.717) is 17.7 Å². The quantitative estimate of drug-likeness (QED) is 0.880. The molecule has 0 aliphatic heterocycles. The van der Waals surface area contributed by atoms with Crippen molar-refractivity contribution in [2.75, 3.05) is 5.32 Å². The number of aryl methyl sites for hydroxylation is 1. The van der Waals surface area contributed by atoms with Gasteiger partial charge in [0.1, 0.15) is 0 Å². The number of carbonyl (C=O) groups is 1. The third-order valence-electron chi connectivity index (χ3n) is 3.57. The zero-order valence-corrected chi connectivity index (χ0v) is 13.9. The summed E-state index contributed by atoms with van der Waals surface area (Å²) in [6.45, 7) is 3.56. The minimum Gasteiger partial charge on any atom is -0.325 e. The molecule has 3 N–H and O–H groups in total. The molecule has 5 nitrogen and oxygen atoms in total. The summed E-state index contributed by atoms with van der Waals surface area (Å²) in [6.07, 6.45) is 0.507. The average molecular weight is 332 g/mol. The molecule has 0 aliphatic rings. The number of hydrogen-bond donors (Lipinski definition) is 2. The highest BCUT2D eigenvalue weighted by atomic mass is 32.2. The lowest BCUT2D eigenvalue weighted by Crippen LogP contribution is -2.34. The average Bonchev–Trinajstić information content (AvgIpc) is 2.54. The van der Waals surface area contributed by atoms with Gasteiger partial charge in [-0.15, -0.1) is 0 Å². The van der Waals surface area contributed by atoms with Gasteiger partial charge < -0.3 is 11.1 Å². The van der Waals surface area contributed by atoms with Gasteiger partial charge in [-0.3, -0.25) is 4.79 Å². The van der Waals surface area contributed by atoms with Crippen LogP contribution in [0.5, 0.6) is 0 Å². The molecule has 6 heteroatoms. The Hall–Kier alpha value is -2.18. The SMILES string of the molecule is CCC(N)C(=O)Nc1cccc(S(=O)(=O)c2ccccc2C)c1. The van der Waals surface area contributed by atoms with Gasteiger partial charge in [-0.05, 0) is 43.2 Å². The molecule has 0 saturated carbocycles. The lowest BCUT2D eigenvalue weighted by atomic mass is 10.2. The van der Waals surface area contributed by atoms with Crippen molar-refractivity contribution in [3.8, 4) is 0 Å². The highest BCUT2D eigenvalue weighted by Gasteiger charge is 2.20. The van der Waals surface area contributed by atoms with E-state index >= 15 is 0 Å². The fourth-order valence-electron chi connectivity index (χ4n) is 2.15. The molecule has 122 valence electrons. The standard InChI is InChI=1S/C17H20N2O3S/c1-3-15(18)17(20)19-13-8-6-9-14(11-13)23(21,22)16-10-5-4-7-12(16)2/h4-11,15H,3,18H2,1-2H3,(H,19,20). The second kappa shape index (κ2) is 6.93. The third-order valence-corrected chi connectivity index (χ3v) is 5.48. The van der Waals surface area contributed by atoms with Crippen molar-refractivity contribution in [1.82, 2.24) is 0 Å². The van der Waals surface area contributed by atoms with E-state index in [-0.39, 0.29) is 15.7 Å². The molecule has 0 bridgehead atoms. The Labute approximate surface area is 136 Å². The van der Waals surface area contributed by atoms with Crippen LogP contribution in [0.3, 0.4) is 0 Å². The van der Waals surface area contributed by atoms with Crippen LogP contribution in [-0.4, -0.2) is 20.4 Å². The molecule has 23 heavy (non-hydrogen) atoms. The minimum absolute atomic E-state index is 0.134. The molecular formula is C17H20N2O3S. The van der Waals surface area contributed by atoms with Crippen molar-refractivity contribution in [2.45, 2.75) is 36.1 Å². The number of nitrogens with one attached hydrogen (secondary N) is 1. The zero-order valence-electron chi connectivity index (χ0n) is 13.1.